The minimum atomic E-state index is -0.439. The number of primary amides is 1. The number of carbonyl (C=O) groups excluding carboxylic acids is 1. The van der Waals surface area contributed by atoms with Gasteiger partial charge in [0.25, 0.3) is 0 Å². The van der Waals surface area contributed by atoms with E-state index in [9.17, 15) is 9.59 Å². The van der Waals surface area contributed by atoms with Gasteiger partial charge in [0.05, 0.1) is 10.6 Å². The van der Waals surface area contributed by atoms with Gasteiger partial charge in [0.1, 0.15) is 22.4 Å². The van der Waals surface area contributed by atoms with Gasteiger partial charge in [-0.15, -0.1) is 11.3 Å². The van der Waals surface area contributed by atoms with Crippen LogP contribution in [0.1, 0.15) is 64.6 Å². The average molecular weight is 568 g/mol. The van der Waals surface area contributed by atoms with E-state index in [0.29, 0.717) is 23.8 Å². The van der Waals surface area contributed by atoms with Crippen molar-refractivity contribution in [2.24, 2.45) is 5.73 Å². The number of carbonyl (C=O) groups is 1. The molecular formula is C29H37N5O3S2. The van der Waals surface area contributed by atoms with Crippen LogP contribution < -0.4 is 15.3 Å². The van der Waals surface area contributed by atoms with Crippen molar-refractivity contribution in [2.45, 2.75) is 52.6 Å². The molecule has 1 amide bonds. The summed E-state index contributed by atoms with van der Waals surface area (Å²) in [6, 6.07) is 15.4. The number of thiazole rings is 1. The molecule has 0 aliphatic rings. The molecule has 2 aromatic heterocycles. The molecule has 0 fully saturated rings. The fourth-order valence-corrected chi connectivity index (χ4v) is 5.43. The van der Waals surface area contributed by atoms with Gasteiger partial charge in [-0.1, -0.05) is 56.4 Å². The maximum Gasteiger partial charge on any atom is 0.322 e. The van der Waals surface area contributed by atoms with Gasteiger partial charge < -0.3 is 15.4 Å². The van der Waals surface area contributed by atoms with Crippen molar-refractivity contribution in [3.8, 4) is 16.3 Å². The zero-order valence-corrected chi connectivity index (χ0v) is 24.8. The van der Waals surface area contributed by atoms with Crippen LogP contribution in [-0.4, -0.2) is 46.6 Å². The Labute approximate surface area is 237 Å². The fraction of sp³-hybridized carbons (Fsp3) is 0.379. The Balaban J connectivity index is 0.000000272. The quantitative estimate of drug-likeness (QED) is 0.247. The summed E-state index contributed by atoms with van der Waals surface area (Å²) in [5.41, 5.74) is 9.26. The van der Waals surface area contributed by atoms with Crippen LogP contribution in [0.15, 0.2) is 53.3 Å². The number of hydrogen-bond donors (Lipinski definition) is 2. The Bertz CT molecular complexity index is 1380. The van der Waals surface area contributed by atoms with Crippen molar-refractivity contribution in [3.63, 3.8) is 0 Å². The molecule has 1 atom stereocenters. The lowest BCUT2D eigenvalue weighted by atomic mass is 10.1. The van der Waals surface area contributed by atoms with Crippen molar-refractivity contribution in [2.75, 3.05) is 20.6 Å². The molecule has 10 heteroatoms. The standard InChI is InChI=1S/C21H22N2O2S.C8H15N3OS/c1-3-14-5-7-16(8-6-14)21-23-18(4-2)19(26-21)13-25-17-11-9-15(10-12-17)20(22)24;1-6(4-5-11(2)3)7-9-10-8(12)13-7/h5-12H,3-4,13H2,1-2H3,(H2,22,24);6H,4-5H2,1-3H3,(H,10,12)/t;6-/m.0/s1. The van der Waals surface area contributed by atoms with Crippen LogP contribution in [0.25, 0.3) is 10.6 Å². The van der Waals surface area contributed by atoms with E-state index in [4.69, 9.17) is 15.5 Å². The van der Waals surface area contributed by atoms with E-state index in [-0.39, 0.29) is 4.87 Å². The molecule has 0 aliphatic heterocycles. The molecule has 208 valence electrons. The minimum Gasteiger partial charge on any atom is -0.488 e. The highest BCUT2D eigenvalue weighted by atomic mass is 32.1. The Hall–Kier alpha value is -3.34. The van der Waals surface area contributed by atoms with E-state index < -0.39 is 5.91 Å². The number of aromatic nitrogens is 3. The lowest BCUT2D eigenvalue weighted by molar-refractivity contribution is 0.1000. The third kappa shape index (κ3) is 9.12. The number of aryl methyl sites for hydroxylation is 2. The Kier molecular flexibility index (Phi) is 11.4. The number of nitrogens with zero attached hydrogens (tertiary/aromatic N) is 3. The van der Waals surface area contributed by atoms with E-state index in [0.717, 1.165) is 52.0 Å². The molecule has 0 saturated heterocycles. The first-order valence-electron chi connectivity index (χ1n) is 13.0. The summed E-state index contributed by atoms with van der Waals surface area (Å²) < 4.78 is 5.87. The van der Waals surface area contributed by atoms with Crippen molar-refractivity contribution in [1.29, 1.82) is 0 Å². The van der Waals surface area contributed by atoms with E-state index in [2.05, 4.69) is 60.1 Å². The summed E-state index contributed by atoms with van der Waals surface area (Å²) in [6.07, 6.45) is 2.93. The second kappa shape index (κ2) is 14.7. The normalized spacial score (nSPS) is 11.6. The number of ether oxygens (including phenoxy) is 1. The number of nitrogens with one attached hydrogen (secondary N) is 1. The molecule has 0 radical (unpaired) electrons. The zero-order valence-electron chi connectivity index (χ0n) is 23.2. The third-order valence-corrected chi connectivity index (χ3v) is 8.22. The molecule has 8 nitrogen and oxygen atoms in total. The lowest BCUT2D eigenvalue weighted by Gasteiger charge is -2.12. The van der Waals surface area contributed by atoms with Crippen LogP contribution in [-0.2, 0) is 19.4 Å². The number of benzene rings is 2. The van der Waals surface area contributed by atoms with Gasteiger partial charge in [0.2, 0.25) is 5.91 Å². The second-order valence-electron chi connectivity index (χ2n) is 9.41. The molecule has 0 saturated carbocycles. The van der Waals surface area contributed by atoms with Crippen LogP contribution in [0.3, 0.4) is 0 Å². The van der Waals surface area contributed by atoms with Gasteiger partial charge in [-0.05, 0) is 69.7 Å². The summed E-state index contributed by atoms with van der Waals surface area (Å²) >= 11 is 2.87. The summed E-state index contributed by atoms with van der Waals surface area (Å²) in [5.74, 6) is 0.636. The molecular weight excluding hydrogens is 530 g/mol. The molecule has 3 N–H and O–H groups in total. The Morgan fingerprint density at radius 1 is 1.05 bits per heavy atom. The summed E-state index contributed by atoms with van der Waals surface area (Å²) in [4.78, 5) is 29.9. The predicted molar refractivity (Wildman–Crippen MR) is 160 cm³/mol. The van der Waals surface area contributed by atoms with Crippen LogP contribution in [0.4, 0.5) is 0 Å². The Morgan fingerprint density at radius 3 is 2.28 bits per heavy atom. The average Bonchev–Trinajstić information content (AvgIpc) is 3.57. The number of rotatable bonds is 11. The van der Waals surface area contributed by atoms with Gasteiger partial charge in [0.15, 0.2) is 0 Å². The molecule has 0 bridgehead atoms. The lowest BCUT2D eigenvalue weighted by Crippen LogP contribution is -2.14. The number of aromatic amines is 1. The van der Waals surface area contributed by atoms with E-state index in [1.807, 2.05) is 14.1 Å². The van der Waals surface area contributed by atoms with Crippen LogP contribution in [0, 0.1) is 0 Å². The van der Waals surface area contributed by atoms with E-state index in [1.54, 1.807) is 35.6 Å². The van der Waals surface area contributed by atoms with Gasteiger partial charge in [-0.25, -0.2) is 10.1 Å². The monoisotopic (exact) mass is 567 g/mol. The first-order valence-corrected chi connectivity index (χ1v) is 14.6. The maximum absolute atomic E-state index is 11.1. The Morgan fingerprint density at radius 2 is 1.74 bits per heavy atom. The van der Waals surface area contributed by atoms with Crippen molar-refractivity contribution < 1.29 is 9.53 Å². The second-order valence-corrected chi connectivity index (χ2v) is 11.5. The SMILES string of the molecule is CCc1ccc(-c2nc(CC)c(COc3ccc(C(N)=O)cc3)s2)cc1.C[C@@H](CCN(C)C)c1n[nH]c(=O)s1. The fourth-order valence-electron chi connectivity index (χ4n) is 3.67. The van der Waals surface area contributed by atoms with Crippen LogP contribution in [0.2, 0.25) is 0 Å². The molecule has 4 rings (SSSR count). The van der Waals surface area contributed by atoms with Gasteiger partial charge in [-0.2, -0.15) is 5.10 Å². The zero-order chi connectivity index (χ0) is 28.4. The van der Waals surface area contributed by atoms with Gasteiger partial charge in [0, 0.05) is 17.0 Å². The smallest absolute Gasteiger partial charge is 0.322 e. The summed E-state index contributed by atoms with van der Waals surface area (Å²) in [6.45, 7) is 7.83. The molecule has 0 unspecified atom stereocenters. The minimum absolute atomic E-state index is 0.0632. The largest absolute Gasteiger partial charge is 0.488 e. The topological polar surface area (TPSA) is 114 Å². The molecule has 0 aliphatic carbocycles. The maximum atomic E-state index is 11.1. The predicted octanol–water partition coefficient (Wildman–Crippen LogP) is 5.50. The van der Waals surface area contributed by atoms with E-state index >= 15 is 0 Å². The molecule has 2 aromatic carbocycles. The summed E-state index contributed by atoms with van der Waals surface area (Å²) in [7, 11) is 4.08. The molecule has 2 heterocycles. The highest BCUT2D eigenvalue weighted by Gasteiger charge is 2.13. The highest BCUT2D eigenvalue weighted by molar-refractivity contribution is 7.15. The van der Waals surface area contributed by atoms with Crippen molar-refractivity contribution in [1.82, 2.24) is 20.1 Å². The highest BCUT2D eigenvalue weighted by Crippen LogP contribution is 2.30. The first-order chi connectivity index (χ1) is 18.7. The third-order valence-electron chi connectivity index (χ3n) is 6.12. The van der Waals surface area contributed by atoms with E-state index in [1.165, 1.54) is 16.9 Å². The summed E-state index contributed by atoms with van der Waals surface area (Å²) in [5, 5.41) is 8.32. The number of amides is 1. The van der Waals surface area contributed by atoms with Crippen LogP contribution in [0.5, 0.6) is 5.75 Å². The molecule has 0 spiro atoms. The molecule has 4 aromatic rings. The van der Waals surface area contributed by atoms with Crippen LogP contribution >= 0.6 is 22.7 Å². The number of H-pyrrole nitrogens is 1. The van der Waals surface area contributed by atoms with Crippen molar-refractivity contribution in [3.05, 3.63) is 84.9 Å². The molecule has 39 heavy (non-hydrogen) atoms. The first kappa shape index (κ1) is 30.2. The number of nitrogens with two attached hydrogens (primary N) is 1. The van der Waals surface area contributed by atoms with Gasteiger partial charge >= 0.3 is 4.87 Å². The number of hydrogen-bond acceptors (Lipinski definition) is 8. The van der Waals surface area contributed by atoms with Crippen molar-refractivity contribution >= 4 is 28.6 Å². The van der Waals surface area contributed by atoms with Gasteiger partial charge in [-0.3, -0.25) is 9.59 Å².